The van der Waals surface area contributed by atoms with Gasteiger partial charge in [-0.25, -0.2) is 9.18 Å². The normalized spacial score (nSPS) is 23.6. The van der Waals surface area contributed by atoms with E-state index in [0.29, 0.717) is 36.9 Å². The predicted octanol–water partition coefficient (Wildman–Crippen LogP) is 3.18. The number of aromatic nitrogens is 1. The molecular formula is C20H23FN2O4. The third-order valence-electron chi connectivity index (χ3n) is 5.36. The highest BCUT2D eigenvalue weighted by Crippen LogP contribution is 2.40. The molecule has 1 aliphatic carbocycles. The minimum Gasteiger partial charge on any atom is -0.506 e. The van der Waals surface area contributed by atoms with Gasteiger partial charge in [-0.15, -0.1) is 0 Å². The van der Waals surface area contributed by atoms with E-state index in [0.717, 1.165) is 0 Å². The van der Waals surface area contributed by atoms with E-state index in [1.807, 2.05) is 0 Å². The zero-order valence-corrected chi connectivity index (χ0v) is 14.8. The maximum Gasteiger partial charge on any atom is 0.404 e. The Bertz CT molecular complexity index is 789. The van der Waals surface area contributed by atoms with Crippen LogP contribution in [-0.2, 0) is 12.0 Å². The Kier molecular flexibility index (Phi) is 5.60. The number of carbonyl (C=O) groups is 1. The van der Waals surface area contributed by atoms with Gasteiger partial charge in [0, 0.05) is 6.04 Å². The average Bonchev–Trinajstić information content (AvgIpc) is 2.64. The zero-order valence-electron chi connectivity index (χ0n) is 14.8. The quantitative estimate of drug-likeness (QED) is 0.644. The van der Waals surface area contributed by atoms with Gasteiger partial charge in [0.25, 0.3) is 0 Å². The fraction of sp³-hybridized carbons (Fsp3) is 0.400. The molecule has 1 fully saturated rings. The first-order valence-electron chi connectivity index (χ1n) is 8.98. The maximum atomic E-state index is 14.0. The van der Waals surface area contributed by atoms with Crippen LogP contribution < -0.4 is 5.32 Å². The molecule has 0 radical (unpaired) electrons. The lowest BCUT2D eigenvalue weighted by atomic mass is 9.73. The first-order chi connectivity index (χ1) is 12.9. The van der Waals surface area contributed by atoms with Crippen LogP contribution in [0.4, 0.5) is 9.18 Å². The van der Waals surface area contributed by atoms with Crippen LogP contribution >= 0.6 is 0 Å². The van der Waals surface area contributed by atoms with Crippen molar-refractivity contribution in [3.63, 3.8) is 0 Å². The van der Waals surface area contributed by atoms with Crippen LogP contribution in [0, 0.1) is 11.7 Å². The molecule has 0 spiro atoms. The van der Waals surface area contributed by atoms with E-state index >= 15 is 0 Å². The van der Waals surface area contributed by atoms with E-state index in [1.54, 1.807) is 24.3 Å². The lowest BCUT2D eigenvalue weighted by Gasteiger charge is -2.38. The van der Waals surface area contributed by atoms with Crippen molar-refractivity contribution in [1.29, 1.82) is 0 Å². The first kappa shape index (κ1) is 19.1. The van der Waals surface area contributed by atoms with E-state index in [-0.39, 0.29) is 23.9 Å². The lowest BCUT2D eigenvalue weighted by molar-refractivity contribution is -0.0223. The van der Waals surface area contributed by atoms with E-state index in [9.17, 15) is 24.5 Å². The van der Waals surface area contributed by atoms with Crippen LogP contribution in [0.2, 0.25) is 0 Å². The highest BCUT2D eigenvalue weighted by molar-refractivity contribution is 5.65. The van der Waals surface area contributed by atoms with Crippen molar-refractivity contribution >= 4 is 6.09 Å². The Hall–Kier alpha value is -2.67. The van der Waals surface area contributed by atoms with Crippen molar-refractivity contribution in [3.8, 4) is 5.75 Å². The average molecular weight is 374 g/mol. The van der Waals surface area contributed by atoms with Gasteiger partial charge in [-0.1, -0.05) is 18.2 Å². The van der Waals surface area contributed by atoms with Crippen molar-refractivity contribution in [1.82, 2.24) is 10.3 Å². The van der Waals surface area contributed by atoms with Gasteiger partial charge < -0.3 is 20.6 Å². The largest absolute Gasteiger partial charge is 0.506 e. The summed E-state index contributed by atoms with van der Waals surface area (Å²) in [6.45, 7) is 0. The van der Waals surface area contributed by atoms with Gasteiger partial charge in [0.15, 0.2) is 0 Å². The molecule has 4 N–H and O–H groups in total. The molecule has 7 heteroatoms. The van der Waals surface area contributed by atoms with Crippen LogP contribution in [0.3, 0.4) is 0 Å². The minimum atomic E-state index is -1.14. The molecule has 27 heavy (non-hydrogen) atoms. The van der Waals surface area contributed by atoms with Gasteiger partial charge in [0.05, 0.1) is 11.9 Å². The van der Waals surface area contributed by atoms with Crippen LogP contribution in [0.1, 0.15) is 36.9 Å². The van der Waals surface area contributed by atoms with Crippen LogP contribution in [0.5, 0.6) is 5.75 Å². The van der Waals surface area contributed by atoms with Crippen LogP contribution in [0.25, 0.3) is 0 Å². The predicted molar refractivity (Wildman–Crippen MR) is 96.8 cm³/mol. The van der Waals surface area contributed by atoms with Gasteiger partial charge >= 0.3 is 6.09 Å². The monoisotopic (exact) mass is 374 g/mol. The number of hydrogen-bond acceptors (Lipinski definition) is 4. The third-order valence-corrected chi connectivity index (χ3v) is 5.36. The summed E-state index contributed by atoms with van der Waals surface area (Å²) in [6, 6.07) is 9.00. The van der Waals surface area contributed by atoms with Gasteiger partial charge in [-0.2, -0.15) is 0 Å². The number of nitrogens with zero attached hydrogens (tertiary/aromatic N) is 1. The summed E-state index contributed by atoms with van der Waals surface area (Å²) >= 11 is 0. The fourth-order valence-electron chi connectivity index (χ4n) is 3.83. The number of aliphatic hydroxyl groups is 1. The molecule has 1 aliphatic rings. The van der Waals surface area contributed by atoms with E-state index in [4.69, 9.17) is 0 Å². The van der Waals surface area contributed by atoms with Gasteiger partial charge in [0.2, 0.25) is 0 Å². The highest BCUT2D eigenvalue weighted by Gasteiger charge is 2.38. The van der Waals surface area contributed by atoms with Crippen molar-refractivity contribution in [2.45, 2.75) is 43.7 Å². The zero-order chi connectivity index (χ0) is 19.4. The van der Waals surface area contributed by atoms with Gasteiger partial charge in [-0.3, -0.25) is 4.98 Å². The summed E-state index contributed by atoms with van der Waals surface area (Å²) in [4.78, 5) is 15.3. The van der Waals surface area contributed by atoms with Crippen molar-refractivity contribution < 1.29 is 24.5 Å². The molecule has 1 aromatic carbocycles. The van der Waals surface area contributed by atoms with Crippen molar-refractivity contribution in [2.75, 3.05) is 0 Å². The summed E-state index contributed by atoms with van der Waals surface area (Å²) < 4.78 is 14.0. The molecule has 1 heterocycles. The lowest BCUT2D eigenvalue weighted by Crippen LogP contribution is -2.45. The Morgan fingerprint density at radius 1 is 1.26 bits per heavy atom. The summed E-state index contributed by atoms with van der Waals surface area (Å²) in [7, 11) is 0. The molecule has 3 rings (SSSR count). The van der Waals surface area contributed by atoms with Crippen LogP contribution in [0.15, 0.2) is 42.6 Å². The van der Waals surface area contributed by atoms with E-state index in [1.165, 1.54) is 18.3 Å². The van der Waals surface area contributed by atoms with Gasteiger partial charge in [-0.05, 0) is 61.8 Å². The number of pyridine rings is 1. The number of hydrogen-bond donors (Lipinski definition) is 4. The summed E-state index contributed by atoms with van der Waals surface area (Å²) in [6.07, 6.45) is 2.43. The Morgan fingerprint density at radius 2 is 1.96 bits per heavy atom. The molecule has 0 bridgehead atoms. The first-order valence-corrected chi connectivity index (χ1v) is 8.98. The second kappa shape index (κ2) is 7.92. The molecule has 6 nitrogen and oxygen atoms in total. The highest BCUT2D eigenvalue weighted by atomic mass is 19.1. The molecule has 1 atom stereocenters. The second-order valence-electron chi connectivity index (χ2n) is 7.12. The van der Waals surface area contributed by atoms with E-state index < -0.39 is 17.7 Å². The number of carboxylic acid groups (broad SMARTS) is 1. The second-order valence-corrected chi connectivity index (χ2v) is 7.12. The van der Waals surface area contributed by atoms with Crippen molar-refractivity contribution in [3.05, 3.63) is 59.7 Å². The molecule has 0 saturated heterocycles. The summed E-state index contributed by atoms with van der Waals surface area (Å²) in [5.41, 5.74) is -0.136. The number of amides is 1. The smallest absolute Gasteiger partial charge is 0.404 e. The Morgan fingerprint density at radius 3 is 2.56 bits per heavy atom. The number of nitrogens with one attached hydrogen (secondary N) is 1. The Balaban J connectivity index is 1.71. The Labute approximate surface area is 156 Å². The molecule has 0 aliphatic heterocycles. The summed E-state index contributed by atoms with van der Waals surface area (Å²) in [5.74, 6) is -0.333. The molecule has 1 amide bonds. The van der Waals surface area contributed by atoms with E-state index in [2.05, 4.69) is 10.3 Å². The standard InChI is InChI=1S/C20H23FN2O4/c21-16-4-2-1-3-14(16)11-17(23-19(25)26)13-7-9-20(27,10-8-13)18-6-5-15(24)12-22-18/h1-6,12-13,17,23-24,27H,7-11H2,(H,25,26)/t13-,17?,20+. The molecule has 144 valence electrons. The minimum absolute atomic E-state index is 0.0157. The number of benzene rings is 1. The van der Waals surface area contributed by atoms with Gasteiger partial charge in [0.1, 0.15) is 17.2 Å². The van der Waals surface area contributed by atoms with Crippen molar-refractivity contribution in [2.24, 2.45) is 5.92 Å². The molecule has 1 unspecified atom stereocenters. The fourth-order valence-corrected chi connectivity index (χ4v) is 3.83. The summed E-state index contributed by atoms with van der Waals surface area (Å²) in [5, 5.41) is 32.0. The third kappa shape index (κ3) is 4.54. The molecule has 1 aromatic heterocycles. The molecule has 2 aromatic rings. The number of rotatable bonds is 5. The maximum absolute atomic E-state index is 14.0. The number of halogens is 1. The molecular weight excluding hydrogens is 351 g/mol. The molecule has 1 saturated carbocycles. The SMILES string of the molecule is O=C(O)NC(Cc1ccccc1F)[C@H]1CC[C@](O)(c2ccc(O)cn2)CC1. The topological polar surface area (TPSA) is 103 Å². The number of aromatic hydroxyl groups is 1. The van der Waals surface area contributed by atoms with Crippen LogP contribution in [-0.4, -0.2) is 32.4 Å².